The molecule has 2 aromatic rings. The molecule has 2 saturated heterocycles. The number of morpholine rings is 1. The number of amides is 1. The summed E-state index contributed by atoms with van der Waals surface area (Å²) in [5.41, 5.74) is 3.12. The Labute approximate surface area is 184 Å². The summed E-state index contributed by atoms with van der Waals surface area (Å²) in [4.78, 5) is 26.5. The number of rotatable bonds is 7. The van der Waals surface area contributed by atoms with Crippen LogP contribution in [0.15, 0.2) is 18.5 Å². The second-order valence-electron chi connectivity index (χ2n) is 8.72. The minimum Gasteiger partial charge on any atom is -0.379 e. The highest BCUT2D eigenvalue weighted by Gasteiger charge is 2.30. The molecule has 4 heterocycles. The minimum atomic E-state index is 0.0235. The molecule has 31 heavy (non-hydrogen) atoms. The van der Waals surface area contributed by atoms with Crippen LogP contribution in [0.4, 0.5) is 0 Å². The molecule has 1 N–H and O–H groups in total. The second kappa shape index (κ2) is 10.3. The molecule has 0 radical (unpaired) electrons. The number of hydrogen-bond acceptors (Lipinski definition) is 6. The largest absolute Gasteiger partial charge is 0.379 e. The smallest absolute Gasteiger partial charge is 0.226 e. The van der Waals surface area contributed by atoms with E-state index in [9.17, 15) is 4.79 Å². The van der Waals surface area contributed by atoms with Crippen molar-refractivity contribution in [2.24, 2.45) is 5.92 Å². The third-order valence-corrected chi connectivity index (χ3v) is 6.40. The first-order valence-corrected chi connectivity index (χ1v) is 11.6. The first-order valence-electron chi connectivity index (χ1n) is 11.6. The first kappa shape index (κ1) is 21.9. The molecule has 2 aliphatic rings. The number of carbonyl (C=O) groups is 1. The number of aromatic nitrogens is 4. The molecule has 2 aromatic heterocycles. The highest BCUT2D eigenvalue weighted by molar-refractivity contribution is 5.78. The molecule has 2 fully saturated rings. The van der Waals surface area contributed by atoms with Crippen LogP contribution >= 0.6 is 0 Å². The maximum absolute atomic E-state index is 13.0. The maximum Gasteiger partial charge on any atom is 0.226 e. The molecule has 0 saturated carbocycles. The van der Waals surface area contributed by atoms with Crippen molar-refractivity contribution in [3.05, 3.63) is 30.0 Å². The Bertz CT molecular complexity index is 855. The fourth-order valence-electron chi connectivity index (χ4n) is 4.65. The molecule has 1 atom stereocenters. The summed E-state index contributed by atoms with van der Waals surface area (Å²) in [6.45, 7) is 9.98. The van der Waals surface area contributed by atoms with Gasteiger partial charge in [-0.1, -0.05) is 13.8 Å². The van der Waals surface area contributed by atoms with Crippen molar-refractivity contribution in [1.29, 1.82) is 0 Å². The van der Waals surface area contributed by atoms with E-state index in [4.69, 9.17) is 9.72 Å². The number of aryl methyl sites for hydroxylation is 1. The monoisotopic (exact) mass is 426 g/mol. The van der Waals surface area contributed by atoms with E-state index in [1.807, 2.05) is 23.4 Å². The molecular formula is C23H34N6O2. The van der Waals surface area contributed by atoms with Crippen molar-refractivity contribution < 1.29 is 9.53 Å². The summed E-state index contributed by atoms with van der Waals surface area (Å²) in [6.07, 6.45) is 7.50. The molecule has 0 spiro atoms. The molecule has 1 amide bonds. The molecule has 1 unspecified atom stereocenters. The van der Waals surface area contributed by atoms with Crippen LogP contribution in [-0.4, -0.2) is 81.8 Å². The van der Waals surface area contributed by atoms with Crippen molar-refractivity contribution in [2.45, 2.75) is 45.4 Å². The SMILES string of the molecule is CCCc1nccc(-c2cn[nH]c2C2CCN(C(=O)C(C)CN3CCOCC3)CC2)n1. The van der Waals surface area contributed by atoms with Crippen LogP contribution in [0.3, 0.4) is 0 Å². The van der Waals surface area contributed by atoms with Gasteiger partial charge < -0.3 is 9.64 Å². The number of hydrogen-bond donors (Lipinski definition) is 1. The molecule has 0 aromatic carbocycles. The summed E-state index contributed by atoms with van der Waals surface area (Å²) in [5.74, 6) is 1.53. The van der Waals surface area contributed by atoms with Gasteiger partial charge in [-0.2, -0.15) is 5.10 Å². The fourth-order valence-corrected chi connectivity index (χ4v) is 4.65. The summed E-state index contributed by atoms with van der Waals surface area (Å²) in [7, 11) is 0. The van der Waals surface area contributed by atoms with Gasteiger partial charge in [0.05, 0.1) is 25.1 Å². The van der Waals surface area contributed by atoms with Crippen molar-refractivity contribution in [1.82, 2.24) is 30.0 Å². The number of H-pyrrole nitrogens is 1. The van der Waals surface area contributed by atoms with E-state index in [1.165, 1.54) is 0 Å². The average molecular weight is 427 g/mol. The standard InChI is InChI=1S/C23H34N6O2/c1-3-4-21-24-8-5-20(26-21)19-15-25-27-22(19)18-6-9-29(10-7-18)23(30)17(2)16-28-11-13-31-14-12-28/h5,8,15,17-18H,3-4,6-7,9-14,16H2,1-2H3,(H,25,27). The first-order chi connectivity index (χ1) is 15.2. The zero-order chi connectivity index (χ0) is 21.6. The number of piperidine rings is 1. The van der Waals surface area contributed by atoms with E-state index in [0.29, 0.717) is 5.92 Å². The van der Waals surface area contributed by atoms with E-state index < -0.39 is 0 Å². The molecule has 0 aliphatic carbocycles. The van der Waals surface area contributed by atoms with Gasteiger partial charge in [0.15, 0.2) is 0 Å². The summed E-state index contributed by atoms with van der Waals surface area (Å²) < 4.78 is 5.41. The third-order valence-electron chi connectivity index (χ3n) is 6.40. The van der Waals surface area contributed by atoms with E-state index >= 15 is 0 Å². The van der Waals surface area contributed by atoms with Crippen molar-refractivity contribution in [2.75, 3.05) is 45.9 Å². The van der Waals surface area contributed by atoms with Gasteiger partial charge in [0.2, 0.25) is 5.91 Å². The van der Waals surface area contributed by atoms with E-state index in [2.05, 4.69) is 33.9 Å². The molecule has 4 rings (SSSR count). The topological polar surface area (TPSA) is 87.2 Å². The Morgan fingerprint density at radius 2 is 2.03 bits per heavy atom. The van der Waals surface area contributed by atoms with Crippen LogP contribution in [0.2, 0.25) is 0 Å². The molecule has 8 nitrogen and oxygen atoms in total. The predicted octanol–water partition coefficient (Wildman–Crippen LogP) is 2.49. The van der Waals surface area contributed by atoms with Gasteiger partial charge >= 0.3 is 0 Å². The lowest BCUT2D eigenvalue weighted by atomic mass is 9.90. The molecule has 2 aliphatic heterocycles. The number of likely N-dealkylation sites (tertiary alicyclic amines) is 1. The maximum atomic E-state index is 13.0. The number of ether oxygens (including phenoxy) is 1. The van der Waals surface area contributed by atoms with Crippen LogP contribution in [0.5, 0.6) is 0 Å². The zero-order valence-corrected chi connectivity index (χ0v) is 18.7. The fraction of sp³-hybridized carbons (Fsp3) is 0.652. The molecule has 168 valence electrons. The highest BCUT2D eigenvalue weighted by atomic mass is 16.5. The average Bonchev–Trinajstić information content (AvgIpc) is 3.30. The summed E-state index contributed by atoms with van der Waals surface area (Å²) in [5, 5.41) is 7.53. The van der Waals surface area contributed by atoms with Gasteiger partial charge in [0, 0.05) is 68.4 Å². The van der Waals surface area contributed by atoms with Crippen molar-refractivity contribution in [3.8, 4) is 11.3 Å². The molecule has 8 heteroatoms. The van der Waals surface area contributed by atoms with Crippen LogP contribution in [0, 0.1) is 5.92 Å². The van der Waals surface area contributed by atoms with Crippen LogP contribution < -0.4 is 0 Å². The van der Waals surface area contributed by atoms with Crippen molar-refractivity contribution >= 4 is 5.91 Å². The minimum absolute atomic E-state index is 0.0235. The van der Waals surface area contributed by atoms with Crippen LogP contribution in [-0.2, 0) is 16.0 Å². The highest BCUT2D eigenvalue weighted by Crippen LogP contribution is 2.33. The van der Waals surface area contributed by atoms with Gasteiger partial charge in [0.25, 0.3) is 0 Å². The number of aromatic amines is 1. The Morgan fingerprint density at radius 1 is 1.26 bits per heavy atom. The van der Waals surface area contributed by atoms with E-state index in [1.54, 1.807) is 0 Å². The lowest BCUT2D eigenvalue weighted by molar-refractivity contribution is -0.137. The lowest BCUT2D eigenvalue weighted by Crippen LogP contribution is -2.46. The second-order valence-corrected chi connectivity index (χ2v) is 8.72. The van der Waals surface area contributed by atoms with Crippen molar-refractivity contribution in [3.63, 3.8) is 0 Å². The van der Waals surface area contributed by atoms with Crippen LogP contribution in [0.1, 0.15) is 50.5 Å². The third kappa shape index (κ3) is 5.30. The normalized spacial score (nSPS) is 19.5. The molecule has 0 bridgehead atoms. The van der Waals surface area contributed by atoms with Gasteiger partial charge in [-0.15, -0.1) is 0 Å². The lowest BCUT2D eigenvalue weighted by Gasteiger charge is -2.35. The van der Waals surface area contributed by atoms with Crippen LogP contribution in [0.25, 0.3) is 11.3 Å². The summed E-state index contributed by atoms with van der Waals surface area (Å²) in [6, 6.07) is 1.96. The van der Waals surface area contributed by atoms with Gasteiger partial charge in [-0.3, -0.25) is 14.8 Å². The Morgan fingerprint density at radius 3 is 2.77 bits per heavy atom. The Kier molecular flexibility index (Phi) is 7.29. The number of carbonyl (C=O) groups excluding carboxylic acids is 1. The van der Waals surface area contributed by atoms with Gasteiger partial charge in [0.1, 0.15) is 5.82 Å². The van der Waals surface area contributed by atoms with Gasteiger partial charge in [-0.25, -0.2) is 9.97 Å². The summed E-state index contributed by atoms with van der Waals surface area (Å²) >= 11 is 0. The van der Waals surface area contributed by atoms with E-state index in [0.717, 1.165) is 94.4 Å². The zero-order valence-electron chi connectivity index (χ0n) is 18.7. The van der Waals surface area contributed by atoms with Gasteiger partial charge in [-0.05, 0) is 25.3 Å². The number of nitrogens with one attached hydrogen (secondary N) is 1. The quantitative estimate of drug-likeness (QED) is 0.732. The Hall–Kier alpha value is -2.32. The van der Waals surface area contributed by atoms with E-state index in [-0.39, 0.29) is 11.8 Å². The Balaban J connectivity index is 1.36. The predicted molar refractivity (Wildman–Crippen MR) is 119 cm³/mol. The number of nitrogens with zero attached hydrogens (tertiary/aromatic N) is 5. The molecular weight excluding hydrogens is 392 g/mol.